The van der Waals surface area contributed by atoms with E-state index < -0.39 is 5.60 Å². The average Bonchev–Trinajstić information content (AvgIpc) is 2.86. The number of phenolic OH excluding ortho intramolecular Hbond substituents is 1. The Morgan fingerprint density at radius 1 is 1.27 bits per heavy atom. The molecule has 26 heavy (non-hydrogen) atoms. The number of hydrogen-bond acceptors (Lipinski definition) is 2. The second kappa shape index (κ2) is 6.31. The van der Waals surface area contributed by atoms with Crippen LogP contribution in [0.1, 0.15) is 76.3 Å². The highest BCUT2D eigenvalue weighted by molar-refractivity contribution is 5.41. The van der Waals surface area contributed by atoms with Crippen molar-refractivity contribution >= 4 is 0 Å². The van der Waals surface area contributed by atoms with Crippen molar-refractivity contribution in [3.8, 4) is 17.6 Å². The summed E-state index contributed by atoms with van der Waals surface area (Å²) >= 11 is 0. The first-order chi connectivity index (χ1) is 12.4. The Balaban J connectivity index is 1.79. The Morgan fingerprint density at radius 2 is 2.08 bits per heavy atom. The summed E-state index contributed by atoms with van der Waals surface area (Å²) in [4.78, 5) is 0. The van der Waals surface area contributed by atoms with E-state index in [0.717, 1.165) is 25.7 Å². The van der Waals surface area contributed by atoms with Crippen LogP contribution in [-0.2, 0) is 6.42 Å². The van der Waals surface area contributed by atoms with Crippen LogP contribution in [0.2, 0.25) is 0 Å². The molecule has 0 amide bonds. The number of aliphatic hydroxyl groups is 1. The Kier molecular flexibility index (Phi) is 4.35. The van der Waals surface area contributed by atoms with Crippen molar-refractivity contribution < 1.29 is 10.2 Å². The molecule has 4 rings (SSSR count). The van der Waals surface area contributed by atoms with Gasteiger partial charge in [-0.2, -0.15) is 0 Å². The van der Waals surface area contributed by atoms with Crippen LogP contribution in [0.25, 0.3) is 0 Å². The highest BCUT2D eigenvalue weighted by Crippen LogP contribution is 2.66. The van der Waals surface area contributed by atoms with Crippen LogP contribution < -0.4 is 0 Å². The summed E-state index contributed by atoms with van der Waals surface area (Å²) in [5.74, 6) is 8.99. The van der Waals surface area contributed by atoms with Crippen LogP contribution >= 0.6 is 0 Å². The van der Waals surface area contributed by atoms with Gasteiger partial charge in [-0.1, -0.05) is 38.7 Å². The van der Waals surface area contributed by atoms with Gasteiger partial charge in [0.2, 0.25) is 0 Å². The van der Waals surface area contributed by atoms with Crippen molar-refractivity contribution in [3.05, 3.63) is 29.3 Å². The standard InChI is InChI=1S/C24H32O2/c1-4-6-17-15-23(3)21(11-13-24(23,26)12-5-2)20-9-7-16-14-18(25)8-10-19(16)22(17)20/h8,10,14,17,20-22,25-26H,4,6-7,9,11,13,15H2,1-3H3/t17-,20-,21-,22+,23-,24-/m0/s1. The number of hydrogen-bond donors (Lipinski definition) is 2. The first-order valence-electron chi connectivity index (χ1n) is 10.4. The Morgan fingerprint density at radius 3 is 2.81 bits per heavy atom. The highest BCUT2D eigenvalue weighted by Gasteiger charge is 2.63. The molecular formula is C24H32O2. The first kappa shape index (κ1) is 17.9. The van der Waals surface area contributed by atoms with Gasteiger partial charge < -0.3 is 10.2 Å². The fourth-order valence-corrected chi connectivity index (χ4v) is 6.94. The van der Waals surface area contributed by atoms with Crippen molar-refractivity contribution in [1.82, 2.24) is 0 Å². The summed E-state index contributed by atoms with van der Waals surface area (Å²) in [6, 6.07) is 6.03. The second-order valence-corrected chi connectivity index (χ2v) is 9.16. The van der Waals surface area contributed by atoms with Crippen LogP contribution in [0, 0.1) is 35.0 Å². The van der Waals surface area contributed by atoms with E-state index in [1.165, 1.54) is 30.4 Å². The zero-order valence-corrected chi connectivity index (χ0v) is 16.4. The lowest BCUT2D eigenvalue weighted by atomic mass is 9.49. The average molecular weight is 353 g/mol. The smallest absolute Gasteiger partial charge is 0.131 e. The number of rotatable bonds is 2. The number of benzene rings is 1. The fourth-order valence-electron chi connectivity index (χ4n) is 6.94. The molecule has 140 valence electrons. The number of phenols is 1. The predicted molar refractivity (Wildman–Crippen MR) is 105 cm³/mol. The largest absolute Gasteiger partial charge is 0.508 e. The molecule has 0 aromatic heterocycles. The van der Waals surface area contributed by atoms with E-state index in [2.05, 4.69) is 31.8 Å². The molecule has 0 bridgehead atoms. The Labute approximate surface area is 158 Å². The van der Waals surface area contributed by atoms with Gasteiger partial charge in [0.25, 0.3) is 0 Å². The van der Waals surface area contributed by atoms with Crippen molar-refractivity contribution in [2.75, 3.05) is 0 Å². The molecule has 2 heteroatoms. The van der Waals surface area contributed by atoms with Crippen LogP contribution in [0.4, 0.5) is 0 Å². The minimum atomic E-state index is -0.821. The van der Waals surface area contributed by atoms with Gasteiger partial charge in [0.05, 0.1) is 0 Å². The molecule has 2 fully saturated rings. The Bertz CT molecular complexity index is 757. The van der Waals surface area contributed by atoms with E-state index in [1.54, 1.807) is 0 Å². The summed E-state index contributed by atoms with van der Waals surface area (Å²) in [5, 5.41) is 21.4. The Hall–Kier alpha value is -1.46. The fraction of sp³-hybridized carbons (Fsp3) is 0.667. The predicted octanol–water partition coefficient (Wildman–Crippen LogP) is 5.03. The molecule has 0 unspecified atom stereocenters. The molecule has 2 N–H and O–H groups in total. The monoisotopic (exact) mass is 352 g/mol. The maximum Gasteiger partial charge on any atom is 0.131 e. The van der Waals surface area contributed by atoms with E-state index in [1.807, 2.05) is 19.1 Å². The summed E-state index contributed by atoms with van der Waals surface area (Å²) < 4.78 is 0. The molecule has 1 aromatic carbocycles. The lowest BCUT2D eigenvalue weighted by Gasteiger charge is -2.55. The number of fused-ring (bicyclic) bond motifs is 5. The van der Waals surface area contributed by atoms with Gasteiger partial charge in [0.1, 0.15) is 11.4 Å². The zero-order chi connectivity index (χ0) is 18.5. The second-order valence-electron chi connectivity index (χ2n) is 9.16. The molecule has 0 spiro atoms. The molecular weight excluding hydrogens is 320 g/mol. The highest BCUT2D eigenvalue weighted by atomic mass is 16.3. The van der Waals surface area contributed by atoms with Crippen LogP contribution in [-0.4, -0.2) is 15.8 Å². The lowest BCUT2D eigenvalue weighted by Crippen LogP contribution is -2.53. The van der Waals surface area contributed by atoms with Gasteiger partial charge >= 0.3 is 0 Å². The summed E-state index contributed by atoms with van der Waals surface area (Å²) in [7, 11) is 0. The van der Waals surface area contributed by atoms with E-state index in [9.17, 15) is 10.2 Å². The molecule has 3 aliphatic rings. The summed E-state index contributed by atoms with van der Waals surface area (Å²) in [6.07, 6.45) is 7.59. The van der Waals surface area contributed by atoms with Gasteiger partial charge in [0, 0.05) is 5.41 Å². The molecule has 3 aliphatic carbocycles. The van der Waals surface area contributed by atoms with E-state index in [4.69, 9.17) is 0 Å². The third-order valence-corrected chi connectivity index (χ3v) is 7.98. The van der Waals surface area contributed by atoms with Gasteiger partial charge in [-0.05, 0) is 86.0 Å². The molecule has 0 saturated heterocycles. The molecule has 2 nitrogen and oxygen atoms in total. The molecule has 1 aromatic rings. The summed E-state index contributed by atoms with van der Waals surface area (Å²) in [5.41, 5.74) is 1.90. The SMILES string of the molecule is CC#C[C@]1(O)CC[C@H]2[C@@H]3CCc4cc(O)ccc4[C@H]3[C@@H](CCC)C[C@@]21C. The van der Waals surface area contributed by atoms with Gasteiger partial charge in [0.15, 0.2) is 0 Å². The van der Waals surface area contributed by atoms with E-state index in [0.29, 0.717) is 29.4 Å². The van der Waals surface area contributed by atoms with Gasteiger partial charge in [-0.3, -0.25) is 0 Å². The maximum absolute atomic E-state index is 11.4. The molecule has 2 saturated carbocycles. The quantitative estimate of drug-likeness (QED) is 0.733. The van der Waals surface area contributed by atoms with Crippen molar-refractivity contribution in [1.29, 1.82) is 0 Å². The van der Waals surface area contributed by atoms with Crippen LogP contribution in [0.3, 0.4) is 0 Å². The van der Waals surface area contributed by atoms with E-state index in [-0.39, 0.29) is 5.41 Å². The lowest BCUT2D eigenvalue weighted by molar-refractivity contribution is -0.0854. The van der Waals surface area contributed by atoms with Gasteiger partial charge in [-0.25, -0.2) is 0 Å². The molecule has 6 atom stereocenters. The molecule has 0 aliphatic heterocycles. The van der Waals surface area contributed by atoms with Crippen molar-refractivity contribution in [2.24, 2.45) is 23.2 Å². The van der Waals surface area contributed by atoms with Crippen molar-refractivity contribution in [3.63, 3.8) is 0 Å². The maximum atomic E-state index is 11.4. The minimum Gasteiger partial charge on any atom is -0.508 e. The first-order valence-corrected chi connectivity index (χ1v) is 10.4. The zero-order valence-electron chi connectivity index (χ0n) is 16.4. The third-order valence-electron chi connectivity index (χ3n) is 7.98. The third kappa shape index (κ3) is 2.43. The van der Waals surface area contributed by atoms with Crippen LogP contribution in [0.15, 0.2) is 18.2 Å². The van der Waals surface area contributed by atoms with Crippen LogP contribution in [0.5, 0.6) is 5.75 Å². The molecule has 0 heterocycles. The number of aryl methyl sites for hydroxylation is 1. The normalized spacial score (nSPS) is 40.8. The van der Waals surface area contributed by atoms with E-state index >= 15 is 0 Å². The summed E-state index contributed by atoms with van der Waals surface area (Å²) in [6.45, 7) is 6.45. The van der Waals surface area contributed by atoms with Crippen molar-refractivity contribution in [2.45, 2.75) is 77.2 Å². The topological polar surface area (TPSA) is 40.5 Å². The minimum absolute atomic E-state index is 0.0918. The molecule has 0 radical (unpaired) electrons. The van der Waals surface area contributed by atoms with Gasteiger partial charge in [-0.15, -0.1) is 5.92 Å². The number of aromatic hydroxyl groups is 1.